The van der Waals surface area contributed by atoms with Crippen LogP contribution < -0.4 is 5.32 Å². The zero-order valence-electron chi connectivity index (χ0n) is 11.2. The quantitative estimate of drug-likeness (QED) is 0.863. The van der Waals surface area contributed by atoms with Gasteiger partial charge in [-0.05, 0) is 11.5 Å². The lowest BCUT2D eigenvalue weighted by Gasteiger charge is -2.04. The van der Waals surface area contributed by atoms with Crippen molar-refractivity contribution in [2.45, 2.75) is 6.61 Å². The average Bonchev–Trinajstić information content (AvgIpc) is 2.88. The number of imidazole rings is 1. The van der Waals surface area contributed by atoms with Crippen LogP contribution >= 0.6 is 0 Å². The van der Waals surface area contributed by atoms with Crippen molar-refractivity contribution in [1.82, 2.24) is 14.9 Å². The normalized spacial score (nSPS) is 9.45. The number of amides is 1. The van der Waals surface area contributed by atoms with Gasteiger partial charge in [-0.2, -0.15) is 0 Å². The van der Waals surface area contributed by atoms with Crippen LogP contribution in [0.5, 0.6) is 0 Å². The largest absolute Gasteiger partial charge is 0.445 e. The van der Waals surface area contributed by atoms with Gasteiger partial charge in [0, 0.05) is 13.2 Å². The van der Waals surface area contributed by atoms with Crippen LogP contribution in [0.15, 0.2) is 42.9 Å². The molecule has 1 aromatic heterocycles. The van der Waals surface area contributed by atoms with Gasteiger partial charge in [0.1, 0.15) is 12.3 Å². The summed E-state index contributed by atoms with van der Waals surface area (Å²) in [6, 6.07) is 9.50. The summed E-state index contributed by atoms with van der Waals surface area (Å²) in [5, 5.41) is 2.56. The molecule has 102 valence electrons. The predicted molar refractivity (Wildman–Crippen MR) is 74.7 cm³/mol. The third-order valence-electron chi connectivity index (χ3n) is 2.46. The Morgan fingerprint density at radius 2 is 2.20 bits per heavy atom. The maximum Gasteiger partial charge on any atom is 0.408 e. The Balaban J connectivity index is 1.69. The lowest BCUT2D eigenvalue weighted by molar-refractivity contribution is 0.141. The van der Waals surface area contributed by atoms with Crippen LogP contribution in [0.2, 0.25) is 0 Å². The molecule has 1 aromatic carbocycles. The van der Waals surface area contributed by atoms with E-state index in [0.29, 0.717) is 5.69 Å². The molecule has 0 saturated heterocycles. The number of hydrogen-bond donors (Lipinski definition) is 1. The molecule has 20 heavy (non-hydrogen) atoms. The number of carbonyl (C=O) groups excluding carboxylic acids is 1. The second kappa shape index (κ2) is 7.00. The fourth-order valence-corrected chi connectivity index (χ4v) is 1.50. The Bertz CT molecular complexity index is 623. The van der Waals surface area contributed by atoms with Gasteiger partial charge in [0.2, 0.25) is 0 Å². The summed E-state index contributed by atoms with van der Waals surface area (Å²) < 4.78 is 6.86. The van der Waals surface area contributed by atoms with Crippen LogP contribution in [0, 0.1) is 11.8 Å². The standard InChI is InChI=1S/C15H15N3O2/c1-18-10-14(17-12-18)8-5-9-16-15(19)20-11-13-6-3-2-4-7-13/h2-4,6-7,10,12H,9,11H2,1H3,(H,16,19). The van der Waals surface area contributed by atoms with Crippen LogP contribution in [-0.2, 0) is 18.4 Å². The molecule has 0 aliphatic heterocycles. The molecule has 2 aromatic rings. The van der Waals surface area contributed by atoms with E-state index in [0.717, 1.165) is 5.56 Å². The molecule has 0 unspecified atom stereocenters. The first-order chi connectivity index (χ1) is 9.74. The van der Waals surface area contributed by atoms with Gasteiger partial charge in [-0.3, -0.25) is 0 Å². The molecule has 2 rings (SSSR count). The fourth-order valence-electron chi connectivity index (χ4n) is 1.50. The predicted octanol–water partition coefficient (Wildman–Crippen LogP) is 1.70. The van der Waals surface area contributed by atoms with Crippen LogP contribution in [0.3, 0.4) is 0 Å². The average molecular weight is 269 g/mol. The molecule has 1 amide bonds. The summed E-state index contributed by atoms with van der Waals surface area (Å²) in [6.07, 6.45) is 3.00. The number of hydrogen-bond acceptors (Lipinski definition) is 3. The van der Waals surface area contributed by atoms with E-state index < -0.39 is 6.09 Å². The van der Waals surface area contributed by atoms with Crippen LogP contribution in [0.1, 0.15) is 11.3 Å². The maximum atomic E-state index is 11.4. The van der Waals surface area contributed by atoms with Gasteiger partial charge in [0.05, 0.1) is 12.9 Å². The summed E-state index contributed by atoms with van der Waals surface area (Å²) >= 11 is 0. The monoisotopic (exact) mass is 269 g/mol. The highest BCUT2D eigenvalue weighted by molar-refractivity contribution is 5.67. The number of aromatic nitrogens is 2. The van der Waals surface area contributed by atoms with Gasteiger partial charge in [0.15, 0.2) is 0 Å². The van der Waals surface area contributed by atoms with Gasteiger partial charge in [-0.25, -0.2) is 9.78 Å². The summed E-state index contributed by atoms with van der Waals surface area (Å²) in [5.74, 6) is 5.65. The summed E-state index contributed by atoms with van der Waals surface area (Å²) in [4.78, 5) is 15.5. The highest BCUT2D eigenvalue weighted by Gasteiger charge is 2.00. The van der Waals surface area contributed by atoms with Crippen molar-refractivity contribution in [2.75, 3.05) is 6.54 Å². The second-order valence-electron chi connectivity index (χ2n) is 4.14. The van der Waals surface area contributed by atoms with Crippen LogP contribution in [0.4, 0.5) is 4.79 Å². The number of ether oxygens (including phenoxy) is 1. The van der Waals surface area contributed by atoms with Crippen molar-refractivity contribution in [3.8, 4) is 11.8 Å². The number of alkyl carbamates (subject to hydrolysis) is 1. The van der Waals surface area contributed by atoms with Crippen molar-refractivity contribution in [2.24, 2.45) is 7.05 Å². The van der Waals surface area contributed by atoms with E-state index in [1.165, 1.54) is 0 Å². The SMILES string of the molecule is Cn1cnc(C#CCNC(=O)OCc2ccccc2)c1. The zero-order chi connectivity index (χ0) is 14.2. The summed E-state index contributed by atoms with van der Waals surface area (Å²) in [5.41, 5.74) is 1.62. The highest BCUT2D eigenvalue weighted by atomic mass is 16.5. The Morgan fingerprint density at radius 1 is 1.40 bits per heavy atom. The minimum atomic E-state index is -0.482. The molecule has 0 fully saturated rings. The topological polar surface area (TPSA) is 56.2 Å². The van der Waals surface area contributed by atoms with E-state index in [2.05, 4.69) is 22.1 Å². The van der Waals surface area contributed by atoms with Gasteiger partial charge in [-0.1, -0.05) is 36.3 Å². The third-order valence-corrected chi connectivity index (χ3v) is 2.46. The molecule has 5 heteroatoms. The van der Waals surface area contributed by atoms with Gasteiger partial charge < -0.3 is 14.6 Å². The molecule has 0 bridgehead atoms. The third kappa shape index (κ3) is 4.50. The Hall–Kier alpha value is -2.74. The van der Waals surface area contributed by atoms with E-state index in [-0.39, 0.29) is 13.2 Å². The minimum Gasteiger partial charge on any atom is -0.445 e. The van der Waals surface area contributed by atoms with E-state index in [1.807, 2.05) is 41.9 Å². The first kappa shape index (κ1) is 13.7. The first-order valence-electron chi connectivity index (χ1n) is 6.15. The number of nitrogens with zero attached hydrogens (tertiary/aromatic N) is 2. The van der Waals surface area contributed by atoms with E-state index >= 15 is 0 Å². The van der Waals surface area contributed by atoms with E-state index in [9.17, 15) is 4.79 Å². The highest BCUT2D eigenvalue weighted by Crippen LogP contribution is 2.00. The van der Waals surface area contributed by atoms with Crippen LogP contribution in [-0.4, -0.2) is 22.2 Å². The molecule has 1 N–H and O–H groups in total. The molecule has 0 spiro atoms. The van der Waals surface area contributed by atoms with Crippen molar-refractivity contribution < 1.29 is 9.53 Å². The molecular formula is C15H15N3O2. The van der Waals surface area contributed by atoms with Crippen molar-refractivity contribution in [3.05, 3.63) is 54.1 Å². The van der Waals surface area contributed by atoms with E-state index in [1.54, 1.807) is 12.5 Å². The Kier molecular flexibility index (Phi) is 4.79. The smallest absolute Gasteiger partial charge is 0.408 e. The first-order valence-corrected chi connectivity index (χ1v) is 6.15. The number of carbonyl (C=O) groups is 1. The second-order valence-corrected chi connectivity index (χ2v) is 4.14. The Labute approximate surface area is 117 Å². The van der Waals surface area contributed by atoms with Crippen molar-refractivity contribution in [1.29, 1.82) is 0 Å². The maximum absolute atomic E-state index is 11.4. The van der Waals surface area contributed by atoms with Gasteiger partial charge in [0.25, 0.3) is 0 Å². The molecule has 0 saturated carbocycles. The Morgan fingerprint density at radius 3 is 2.90 bits per heavy atom. The number of aryl methyl sites for hydroxylation is 1. The van der Waals surface area contributed by atoms with Gasteiger partial charge >= 0.3 is 6.09 Å². The van der Waals surface area contributed by atoms with Crippen molar-refractivity contribution >= 4 is 6.09 Å². The molecule has 1 heterocycles. The molecule has 0 aliphatic carbocycles. The molecule has 0 atom stereocenters. The zero-order valence-corrected chi connectivity index (χ0v) is 11.2. The number of nitrogens with one attached hydrogen (secondary N) is 1. The molecular weight excluding hydrogens is 254 g/mol. The van der Waals surface area contributed by atoms with Gasteiger partial charge in [-0.15, -0.1) is 0 Å². The molecule has 5 nitrogen and oxygen atoms in total. The summed E-state index contributed by atoms with van der Waals surface area (Å²) in [6.45, 7) is 0.477. The summed E-state index contributed by atoms with van der Waals surface area (Å²) in [7, 11) is 1.87. The fraction of sp³-hybridized carbons (Fsp3) is 0.200. The lowest BCUT2D eigenvalue weighted by atomic mass is 10.2. The number of rotatable bonds is 3. The lowest BCUT2D eigenvalue weighted by Crippen LogP contribution is -2.24. The van der Waals surface area contributed by atoms with Crippen LogP contribution in [0.25, 0.3) is 0 Å². The van der Waals surface area contributed by atoms with Crippen molar-refractivity contribution in [3.63, 3.8) is 0 Å². The number of benzene rings is 1. The molecule has 0 radical (unpaired) electrons. The molecule has 0 aliphatic rings. The van der Waals surface area contributed by atoms with E-state index in [4.69, 9.17) is 4.74 Å². The minimum absolute atomic E-state index is 0.226.